The summed E-state index contributed by atoms with van der Waals surface area (Å²) in [5.74, 6) is 0.789. The van der Waals surface area contributed by atoms with Crippen LogP contribution in [0.1, 0.15) is 0 Å². The summed E-state index contributed by atoms with van der Waals surface area (Å²) >= 11 is 0. The molecule has 1 heterocycles. The molecule has 1 aliphatic heterocycles. The summed E-state index contributed by atoms with van der Waals surface area (Å²) in [6.07, 6.45) is -0.424. The molecule has 0 aliphatic carbocycles. The van der Waals surface area contributed by atoms with Gasteiger partial charge in [-0.05, 0) is 0 Å². The van der Waals surface area contributed by atoms with E-state index in [9.17, 15) is 0 Å². The van der Waals surface area contributed by atoms with Gasteiger partial charge in [-0.15, -0.1) is 0 Å². The first-order valence-corrected chi connectivity index (χ1v) is 2.55. The lowest BCUT2D eigenvalue weighted by molar-refractivity contribution is 0.165. The summed E-state index contributed by atoms with van der Waals surface area (Å²) in [6.45, 7) is 4.28. The van der Waals surface area contributed by atoms with Crippen molar-refractivity contribution in [3.63, 3.8) is 0 Å². The standard InChI is InChI=1S/C5H10N2O/c1-4-6-5(8)3-7(4)2/h5-6,8H,1,3H2,2H3. The Labute approximate surface area is 48.6 Å². The van der Waals surface area contributed by atoms with Gasteiger partial charge in [-0.25, -0.2) is 0 Å². The largest absolute Gasteiger partial charge is 0.372 e. The SMILES string of the molecule is C=C1NC(O)CN1C. The Bertz CT molecular complexity index is 113. The van der Waals surface area contributed by atoms with E-state index in [-0.39, 0.29) is 0 Å². The van der Waals surface area contributed by atoms with Gasteiger partial charge >= 0.3 is 0 Å². The number of likely N-dealkylation sites (N-methyl/N-ethyl adjacent to an activating group) is 1. The molecule has 0 radical (unpaired) electrons. The van der Waals surface area contributed by atoms with Crippen molar-refractivity contribution in [3.05, 3.63) is 12.4 Å². The van der Waals surface area contributed by atoms with Crippen molar-refractivity contribution in [3.8, 4) is 0 Å². The Morgan fingerprint density at radius 2 is 2.62 bits per heavy atom. The van der Waals surface area contributed by atoms with Crippen LogP contribution in [0, 0.1) is 0 Å². The van der Waals surface area contributed by atoms with E-state index in [0.717, 1.165) is 5.82 Å². The van der Waals surface area contributed by atoms with Crippen LogP contribution in [0.25, 0.3) is 0 Å². The van der Waals surface area contributed by atoms with Gasteiger partial charge in [0.05, 0.1) is 12.4 Å². The Kier molecular flexibility index (Phi) is 1.13. The van der Waals surface area contributed by atoms with Crippen molar-refractivity contribution in [1.82, 2.24) is 10.2 Å². The second kappa shape index (κ2) is 1.67. The van der Waals surface area contributed by atoms with Crippen molar-refractivity contribution in [2.24, 2.45) is 0 Å². The fraction of sp³-hybridized carbons (Fsp3) is 0.600. The van der Waals surface area contributed by atoms with Crippen LogP contribution in [0.5, 0.6) is 0 Å². The summed E-state index contributed by atoms with van der Waals surface area (Å²) in [4.78, 5) is 1.87. The zero-order chi connectivity index (χ0) is 6.15. The minimum Gasteiger partial charge on any atom is -0.372 e. The van der Waals surface area contributed by atoms with E-state index < -0.39 is 6.23 Å². The minimum absolute atomic E-state index is 0.424. The average molecular weight is 114 g/mol. The van der Waals surface area contributed by atoms with Crippen LogP contribution in [-0.4, -0.2) is 29.8 Å². The molecule has 3 nitrogen and oxygen atoms in total. The first-order valence-electron chi connectivity index (χ1n) is 2.55. The highest BCUT2D eigenvalue weighted by Gasteiger charge is 2.17. The van der Waals surface area contributed by atoms with Crippen molar-refractivity contribution in [2.75, 3.05) is 13.6 Å². The van der Waals surface area contributed by atoms with E-state index in [0.29, 0.717) is 6.54 Å². The Morgan fingerprint density at radius 1 is 2.00 bits per heavy atom. The molecule has 0 saturated carbocycles. The smallest absolute Gasteiger partial charge is 0.143 e. The fourth-order valence-corrected chi connectivity index (χ4v) is 0.718. The van der Waals surface area contributed by atoms with E-state index >= 15 is 0 Å². The monoisotopic (exact) mass is 114 g/mol. The van der Waals surface area contributed by atoms with Crippen molar-refractivity contribution < 1.29 is 5.11 Å². The van der Waals surface area contributed by atoms with Gasteiger partial charge < -0.3 is 15.3 Å². The molecule has 0 amide bonds. The lowest BCUT2D eigenvalue weighted by atomic mass is 10.6. The predicted molar refractivity (Wildman–Crippen MR) is 30.9 cm³/mol. The molecule has 0 aromatic rings. The number of nitrogens with zero attached hydrogens (tertiary/aromatic N) is 1. The number of nitrogens with one attached hydrogen (secondary N) is 1. The highest BCUT2D eigenvalue weighted by molar-refractivity contribution is 4.96. The highest BCUT2D eigenvalue weighted by Crippen LogP contribution is 2.03. The van der Waals surface area contributed by atoms with Crippen LogP contribution in [0.4, 0.5) is 0 Å². The van der Waals surface area contributed by atoms with Gasteiger partial charge in [0.15, 0.2) is 0 Å². The van der Waals surface area contributed by atoms with Crippen LogP contribution in [0.15, 0.2) is 12.4 Å². The molecule has 1 unspecified atom stereocenters. The topological polar surface area (TPSA) is 35.5 Å². The van der Waals surface area contributed by atoms with Gasteiger partial charge in [-0.3, -0.25) is 0 Å². The fourth-order valence-electron chi connectivity index (χ4n) is 0.718. The molecule has 46 valence electrons. The van der Waals surface area contributed by atoms with Crippen LogP contribution in [0.3, 0.4) is 0 Å². The van der Waals surface area contributed by atoms with Crippen LogP contribution in [-0.2, 0) is 0 Å². The number of aliphatic hydroxyl groups excluding tert-OH is 1. The maximum Gasteiger partial charge on any atom is 0.143 e. The Morgan fingerprint density at radius 3 is 2.75 bits per heavy atom. The van der Waals surface area contributed by atoms with Crippen molar-refractivity contribution in [1.29, 1.82) is 0 Å². The van der Waals surface area contributed by atoms with Gasteiger partial charge in [-0.2, -0.15) is 0 Å². The van der Waals surface area contributed by atoms with Crippen molar-refractivity contribution >= 4 is 0 Å². The molecule has 1 fully saturated rings. The number of hydrogen-bond donors (Lipinski definition) is 2. The van der Waals surface area contributed by atoms with Crippen LogP contribution in [0.2, 0.25) is 0 Å². The van der Waals surface area contributed by atoms with Crippen LogP contribution < -0.4 is 5.32 Å². The highest BCUT2D eigenvalue weighted by atomic mass is 16.3. The molecular weight excluding hydrogens is 104 g/mol. The molecule has 0 spiro atoms. The van der Waals surface area contributed by atoms with Crippen LogP contribution >= 0.6 is 0 Å². The van der Waals surface area contributed by atoms with E-state index in [2.05, 4.69) is 11.9 Å². The molecule has 0 aromatic carbocycles. The van der Waals surface area contributed by atoms with Gasteiger partial charge in [0.2, 0.25) is 0 Å². The zero-order valence-electron chi connectivity index (χ0n) is 4.89. The Balaban J connectivity index is 2.51. The van der Waals surface area contributed by atoms with Gasteiger partial charge in [-0.1, -0.05) is 6.58 Å². The predicted octanol–water partition coefficient (Wildman–Crippen LogP) is -0.689. The molecule has 1 aliphatic rings. The maximum atomic E-state index is 8.86. The molecule has 0 bridgehead atoms. The first-order chi connectivity index (χ1) is 3.70. The number of aliphatic hydroxyl groups is 1. The normalized spacial score (nSPS) is 28.5. The zero-order valence-corrected chi connectivity index (χ0v) is 4.89. The average Bonchev–Trinajstić information content (AvgIpc) is 1.85. The van der Waals surface area contributed by atoms with Crippen molar-refractivity contribution in [2.45, 2.75) is 6.23 Å². The summed E-state index contributed by atoms with van der Waals surface area (Å²) in [5.41, 5.74) is 0. The van der Waals surface area contributed by atoms with E-state index in [1.54, 1.807) is 0 Å². The third-order valence-corrected chi connectivity index (χ3v) is 1.24. The molecule has 0 aromatic heterocycles. The molecular formula is C5H10N2O. The summed E-state index contributed by atoms with van der Waals surface area (Å²) < 4.78 is 0. The summed E-state index contributed by atoms with van der Waals surface area (Å²) in [7, 11) is 1.88. The van der Waals surface area contributed by atoms with Gasteiger partial charge in [0.25, 0.3) is 0 Å². The second-order valence-electron chi connectivity index (χ2n) is 1.99. The van der Waals surface area contributed by atoms with E-state index in [1.807, 2.05) is 11.9 Å². The van der Waals surface area contributed by atoms with Gasteiger partial charge in [0, 0.05) is 7.05 Å². The molecule has 3 heteroatoms. The molecule has 2 N–H and O–H groups in total. The summed E-state index contributed by atoms with van der Waals surface area (Å²) in [5, 5.41) is 11.6. The quantitative estimate of drug-likeness (QED) is 0.437. The Hall–Kier alpha value is -0.700. The first kappa shape index (κ1) is 5.44. The molecule has 1 rings (SSSR count). The third kappa shape index (κ3) is 0.767. The number of β-amino-alcohol motifs (C(OH)–C–C–N with tert-alkyl or cyclic N) is 1. The van der Waals surface area contributed by atoms with E-state index in [4.69, 9.17) is 5.11 Å². The molecule has 1 saturated heterocycles. The molecule has 8 heavy (non-hydrogen) atoms. The molecule has 1 atom stereocenters. The number of rotatable bonds is 0. The maximum absolute atomic E-state index is 8.86. The lowest BCUT2D eigenvalue weighted by Crippen LogP contribution is -2.21. The lowest BCUT2D eigenvalue weighted by Gasteiger charge is -2.06. The third-order valence-electron chi connectivity index (χ3n) is 1.24. The minimum atomic E-state index is -0.424. The van der Waals surface area contributed by atoms with Gasteiger partial charge in [0.1, 0.15) is 6.23 Å². The number of hydrogen-bond acceptors (Lipinski definition) is 3. The second-order valence-corrected chi connectivity index (χ2v) is 1.99. The summed E-state index contributed by atoms with van der Waals surface area (Å²) in [6, 6.07) is 0. The van der Waals surface area contributed by atoms with E-state index in [1.165, 1.54) is 0 Å².